The summed E-state index contributed by atoms with van der Waals surface area (Å²) < 4.78 is 0. The highest BCUT2D eigenvalue weighted by Crippen LogP contribution is 2.30. The lowest BCUT2D eigenvalue weighted by atomic mass is 10.2. The van der Waals surface area contributed by atoms with Crippen molar-refractivity contribution < 1.29 is 5.11 Å². The molecule has 1 fully saturated rings. The van der Waals surface area contributed by atoms with Crippen LogP contribution in [-0.4, -0.2) is 27.2 Å². The van der Waals surface area contributed by atoms with Gasteiger partial charge in [-0.3, -0.25) is 0 Å². The molecule has 2 rings (SSSR count). The lowest BCUT2D eigenvalue weighted by Gasteiger charge is -2.12. The maximum atomic E-state index is 9.92. The van der Waals surface area contributed by atoms with Gasteiger partial charge in [-0.2, -0.15) is 11.8 Å². The van der Waals surface area contributed by atoms with E-state index in [1.165, 1.54) is 25.7 Å². The van der Waals surface area contributed by atoms with Crippen LogP contribution in [0.2, 0.25) is 0 Å². The molecular weight excluding hydrogens is 238 g/mol. The van der Waals surface area contributed by atoms with E-state index in [0.717, 1.165) is 21.7 Å². The number of aliphatic hydroxyl groups is 1. The van der Waals surface area contributed by atoms with Crippen LogP contribution in [0.1, 0.15) is 36.4 Å². The predicted octanol–water partition coefficient (Wildman–Crippen LogP) is 3.03. The molecule has 1 N–H and O–H groups in total. The summed E-state index contributed by atoms with van der Waals surface area (Å²) in [4.78, 5) is 4.38. The molecule has 1 heterocycles. The predicted molar refractivity (Wildman–Crippen MR) is 71.3 cm³/mol. The molecule has 0 aromatic carbocycles. The van der Waals surface area contributed by atoms with Crippen LogP contribution in [0.3, 0.4) is 0 Å². The van der Waals surface area contributed by atoms with E-state index in [4.69, 9.17) is 0 Å². The van der Waals surface area contributed by atoms with Crippen molar-refractivity contribution in [2.45, 2.75) is 50.4 Å². The first-order valence-electron chi connectivity index (χ1n) is 5.94. The minimum Gasteiger partial charge on any atom is -0.392 e. The number of aliphatic hydroxyl groups excluding tert-OH is 1. The summed E-state index contributed by atoms with van der Waals surface area (Å²) in [5.74, 6) is 0.862. The molecule has 0 spiro atoms. The Morgan fingerprint density at radius 2 is 2.31 bits per heavy atom. The zero-order valence-corrected chi connectivity index (χ0v) is 11.3. The van der Waals surface area contributed by atoms with E-state index in [2.05, 4.69) is 10.4 Å². The van der Waals surface area contributed by atoms with Gasteiger partial charge in [0.1, 0.15) is 0 Å². The second-order valence-electron chi connectivity index (χ2n) is 4.46. The summed E-state index contributed by atoms with van der Waals surface area (Å²) >= 11 is 3.60. The smallest absolute Gasteiger partial charge is 0.0897 e. The number of thiazole rings is 1. The first-order chi connectivity index (χ1) is 7.74. The molecule has 0 radical (unpaired) electrons. The molecule has 2 nitrogen and oxygen atoms in total. The van der Waals surface area contributed by atoms with Crippen molar-refractivity contribution in [2.75, 3.05) is 5.75 Å². The summed E-state index contributed by atoms with van der Waals surface area (Å²) in [7, 11) is 0. The SMILES string of the molecule is Cc1nc(CC(O)CSC2CCCC2)cs1. The number of rotatable bonds is 5. The number of hydrogen-bond donors (Lipinski definition) is 1. The van der Waals surface area contributed by atoms with E-state index >= 15 is 0 Å². The third kappa shape index (κ3) is 3.75. The summed E-state index contributed by atoms with van der Waals surface area (Å²) in [5, 5.41) is 13.9. The highest BCUT2D eigenvalue weighted by atomic mass is 32.2. The van der Waals surface area contributed by atoms with Crippen LogP contribution in [0.4, 0.5) is 0 Å². The second-order valence-corrected chi connectivity index (χ2v) is 6.85. The molecule has 90 valence electrons. The van der Waals surface area contributed by atoms with Crippen molar-refractivity contribution in [3.63, 3.8) is 0 Å². The highest BCUT2D eigenvalue weighted by molar-refractivity contribution is 7.99. The normalized spacial score (nSPS) is 19.1. The van der Waals surface area contributed by atoms with Crippen LogP contribution in [0.5, 0.6) is 0 Å². The number of thioether (sulfide) groups is 1. The summed E-state index contributed by atoms with van der Waals surface area (Å²) in [6.07, 6.45) is 5.91. The fraction of sp³-hybridized carbons (Fsp3) is 0.750. The van der Waals surface area contributed by atoms with E-state index in [-0.39, 0.29) is 6.10 Å². The first-order valence-corrected chi connectivity index (χ1v) is 7.87. The highest BCUT2D eigenvalue weighted by Gasteiger charge is 2.17. The van der Waals surface area contributed by atoms with Crippen molar-refractivity contribution >= 4 is 23.1 Å². The summed E-state index contributed by atoms with van der Waals surface area (Å²) in [5.41, 5.74) is 1.04. The van der Waals surface area contributed by atoms with Crippen molar-refractivity contribution in [2.24, 2.45) is 0 Å². The Labute approximate surface area is 105 Å². The molecule has 1 saturated carbocycles. The van der Waals surface area contributed by atoms with Gasteiger partial charge in [0.25, 0.3) is 0 Å². The van der Waals surface area contributed by atoms with Gasteiger partial charge >= 0.3 is 0 Å². The molecule has 1 unspecified atom stereocenters. The fourth-order valence-corrected chi connectivity index (χ4v) is 4.01. The van der Waals surface area contributed by atoms with E-state index < -0.39 is 0 Å². The molecule has 0 aliphatic heterocycles. The van der Waals surface area contributed by atoms with Crippen LogP contribution in [0.15, 0.2) is 5.38 Å². The minimum absolute atomic E-state index is 0.230. The lowest BCUT2D eigenvalue weighted by molar-refractivity contribution is 0.199. The average Bonchev–Trinajstić information content (AvgIpc) is 2.87. The standard InChI is InChI=1S/C12H19NOS2/c1-9-13-10(7-15-9)6-11(14)8-16-12-4-2-3-5-12/h7,11-12,14H,2-6,8H2,1H3. The van der Waals surface area contributed by atoms with Gasteiger partial charge in [-0.1, -0.05) is 12.8 Å². The Bertz CT molecular complexity index is 321. The zero-order chi connectivity index (χ0) is 11.4. The third-order valence-corrected chi connectivity index (χ3v) is 5.28. The Morgan fingerprint density at radius 1 is 1.56 bits per heavy atom. The van der Waals surface area contributed by atoms with Crippen molar-refractivity contribution in [1.82, 2.24) is 4.98 Å². The Balaban J connectivity index is 1.69. The Hall–Kier alpha value is -0.0600. The number of nitrogens with zero attached hydrogens (tertiary/aromatic N) is 1. The summed E-state index contributed by atoms with van der Waals surface area (Å²) in [6.45, 7) is 2.01. The van der Waals surface area contributed by atoms with Gasteiger partial charge in [-0.05, 0) is 19.8 Å². The average molecular weight is 257 g/mol. The van der Waals surface area contributed by atoms with Gasteiger partial charge in [-0.25, -0.2) is 4.98 Å². The van der Waals surface area contributed by atoms with Gasteiger partial charge in [0.05, 0.1) is 16.8 Å². The van der Waals surface area contributed by atoms with E-state index in [9.17, 15) is 5.11 Å². The minimum atomic E-state index is -0.230. The molecule has 16 heavy (non-hydrogen) atoms. The number of hydrogen-bond acceptors (Lipinski definition) is 4. The molecule has 0 amide bonds. The molecule has 1 aliphatic rings. The molecule has 1 atom stereocenters. The van der Waals surface area contributed by atoms with Gasteiger partial charge in [0, 0.05) is 22.8 Å². The lowest BCUT2D eigenvalue weighted by Crippen LogP contribution is -2.15. The van der Waals surface area contributed by atoms with Crippen LogP contribution in [-0.2, 0) is 6.42 Å². The van der Waals surface area contributed by atoms with Crippen LogP contribution in [0.25, 0.3) is 0 Å². The fourth-order valence-electron chi connectivity index (χ4n) is 2.10. The van der Waals surface area contributed by atoms with Crippen LogP contribution in [0, 0.1) is 6.92 Å². The van der Waals surface area contributed by atoms with Crippen molar-refractivity contribution in [1.29, 1.82) is 0 Å². The van der Waals surface area contributed by atoms with Crippen LogP contribution >= 0.6 is 23.1 Å². The van der Waals surface area contributed by atoms with Crippen molar-refractivity contribution in [3.8, 4) is 0 Å². The number of aromatic nitrogens is 1. The van der Waals surface area contributed by atoms with Gasteiger partial charge in [0.15, 0.2) is 0 Å². The van der Waals surface area contributed by atoms with Gasteiger partial charge in [0.2, 0.25) is 0 Å². The molecule has 1 aromatic heterocycles. The number of aryl methyl sites for hydroxylation is 1. The van der Waals surface area contributed by atoms with E-state index in [1.54, 1.807) is 11.3 Å². The molecule has 0 saturated heterocycles. The van der Waals surface area contributed by atoms with E-state index in [0.29, 0.717) is 6.42 Å². The second kappa shape index (κ2) is 6.03. The molecule has 0 bridgehead atoms. The first kappa shape index (κ1) is 12.4. The molecule has 4 heteroatoms. The molecule has 1 aliphatic carbocycles. The monoisotopic (exact) mass is 257 g/mol. The summed E-state index contributed by atoms with van der Waals surface area (Å²) in [6, 6.07) is 0. The quantitative estimate of drug-likeness (QED) is 0.880. The van der Waals surface area contributed by atoms with E-state index in [1.807, 2.05) is 18.7 Å². The zero-order valence-electron chi connectivity index (χ0n) is 9.69. The van der Waals surface area contributed by atoms with Crippen molar-refractivity contribution in [3.05, 3.63) is 16.1 Å². The molecule has 1 aromatic rings. The maximum absolute atomic E-state index is 9.92. The van der Waals surface area contributed by atoms with Gasteiger partial charge in [-0.15, -0.1) is 11.3 Å². The largest absolute Gasteiger partial charge is 0.392 e. The Kier molecular flexibility index (Phi) is 4.67. The Morgan fingerprint density at radius 3 is 2.94 bits per heavy atom. The van der Waals surface area contributed by atoms with Gasteiger partial charge < -0.3 is 5.11 Å². The van der Waals surface area contributed by atoms with Crippen LogP contribution < -0.4 is 0 Å². The topological polar surface area (TPSA) is 33.1 Å². The molecular formula is C12H19NOS2. The third-order valence-electron chi connectivity index (χ3n) is 2.94. The maximum Gasteiger partial charge on any atom is 0.0897 e.